The van der Waals surface area contributed by atoms with E-state index in [1.54, 1.807) is 18.2 Å². The maximum atomic E-state index is 13.5. The fraction of sp³-hybridized carbons (Fsp3) is 0.286. The van der Waals surface area contributed by atoms with Crippen molar-refractivity contribution in [1.82, 2.24) is 10.2 Å². The number of amides is 2. The van der Waals surface area contributed by atoms with E-state index in [2.05, 4.69) is 5.32 Å². The molecule has 5 nitrogen and oxygen atoms in total. The van der Waals surface area contributed by atoms with Gasteiger partial charge in [-0.2, -0.15) is 0 Å². The van der Waals surface area contributed by atoms with Gasteiger partial charge in [0.15, 0.2) is 6.61 Å². The zero-order chi connectivity index (χ0) is 24.3. The predicted octanol–water partition coefficient (Wildman–Crippen LogP) is 4.68. The first-order valence-electron chi connectivity index (χ1n) is 11.5. The van der Waals surface area contributed by atoms with Gasteiger partial charge in [-0.05, 0) is 54.3 Å². The van der Waals surface area contributed by atoms with Crippen LogP contribution in [0, 0.1) is 12.7 Å². The van der Waals surface area contributed by atoms with Crippen molar-refractivity contribution in [3.8, 4) is 5.75 Å². The average molecular weight is 463 g/mol. The van der Waals surface area contributed by atoms with E-state index in [1.807, 2.05) is 62.4 Å². The van der Waals surface area contributed by atoms with E-state index in [-0.39, 0.29) is 30.8 Å². The topological polar surface area (TPSA) is 58.6 Å². The van der Waals surface area contributed by atoms with Crippen molar-refractivity contribution in [1.29, 1.82) is 0 Å². The summed E-state index contributed by atoms with van der Waals surface area (Å²) < 4.78 is 19.2. The average Bonchev–Trinajstić information content (AvgIpc) is 2.85. The van der Waals surface area contributed by atoms with Crippen LogP contribution >= 0.6 is 0 Å². The number of carbonyl (C=O) groups is 2. The van der Waals surface area contributed by atoms with Gasteiger partial charge >= 0.3 is 0 Å². The summed E-state index contributed by atoms with van der Waals surface area (Å²) in [6, 6.07) is 22.3. The first kappa shape index (κ1) is 25.0. The Bertz CT molecular complexity index is 1070. The molecule has 1 N–H and O–H groups in total. The van der Waals surface area contributed by atoms with E-state index in [4.69, 9.17) is 4.74 Å². The standard InChI is InChI=1S/C28H31FN2O3/c1-3-16-30-28(33)26(18-22-9-5-4-6-10-22)31(19-23-12-14-24(29)15-13-23)27(32)20-34-25-11-7-8-21(2)17-25/h4-15,17,26H,3,16,18-20H2,1-2H3,(H,30,33). The SMILES string of the molecule is CCCNC(=O)C(Cc1ccccc1)N(Cc1ccc(F)cc1)C(=O)COc1cccc(C)c1. The minimum absolute atomic E-state index is 0.160. The molecule has 0 heterocycles. The number of halogens is 1. The van der Waals surface area contributed by atoms with Crippen molar-refractivity contribution < 1.29 is 18.7 Å². The highest BCUT2D eigenvalue weighted by molar-refractivity contribution is 5.88. The Labute approximate surface area is 200 Å². The van der Waals surface area contributed by atoms with Crippen LogP contribution in [-0.2, 0) is 22.6 Å². The molecule has 3 aromatic rings. The van der Waals surface area contributed by atoms with Crippen LogP contribution in [0.3, 0.4) is 0 Å². The summed E-state index contributed by atoms with van der Waals surface area (Å²) in [4.78, 5) is 28.2. The number of carbonyl (C=O) groups excluding carboxylic acids is 2. The van der Waals surface area contributed by atoms with Crippen molar-refractivity contribution in [3.05, 3.63) is 101 Å². The quantitative estimate of drug-likeness (QED) is 0.450. The molecular weight excluding hydrogens is 431 g/mol. The van der Waals surface area contributed by atoms with Gasteiger partial charge in [0.2, 0.25) is 5.91 Å². The largest absolute Gasteiger partial charge is 0.484 e. The van der Waals surface area contributed by atoms with Gasteiger partial charge in [-0.15, -0.1) is 0 Å². The summed E-state index contributed by atoms with van der Waals surface area (Å²) in [6.07, 6.45) is 1.14. The van der Waals surface area contributed by atoms with E-state index in [9.17, 15) is 14.0 Å². The van der Waals surface area contributed by atoms with Crippen LogP contribution in [0.4, 0.5) is 4.39 Å². The van der Waals surface area contributed by atoms with Crippen LogP contribution in [0.2, 0.25) is 0 Å². The zero-order valence-electron chi connectivity index (χ0n) is 19.7. The van der Waals surface area contributed by atoms with E-state index >= 15 is 0 Å². The van der Waals surface area contributed by atoms with Crippen LogP contribution in [0.1, 0.15) is 30.0 Å². The van der Waals surface area contributed by atoms with Crippen LogP contribution in [0.15, 0.2) is 78.9 Å². The van der Waals surface area contributed by atoms with E-state index < -0.39 is 6.04 Å². The van der Waals surface area contributed by atoms with E-state index in [0.717, 1.165) is 23.1 Å². The number of rotatable bonds is 11. The second-order valence-electron chi connectivity index (χ2n) is 8.25. The molecule has 0 fully saturated rings. The lowest BCUT2D eigenvalue weighted by Gasteiger charge is -2.31. The lowest BCUT2D eigenvalue weighted by molar-refractivity contribution is -0.142. The van der Waals surface area contributed by atoms with Gasteiger partial charge < -0.3 is 15.0 Å². The highest BCUT2D eigenvalue weighted by Crippen LogP contribution is 2.17. The smallest absolute Gasteiger partial charge is 0.261 e. The minimum Gasteiger partial charge on any atom is -0.484 e. The first-order chi connectivity index (χ1) is 16.5. The molecule has 2 amide bonds. The Morgan fingerprint density at radius 2 is 1.71 bits per heavy atom. The number of nitrogens with zero attached hydrogens (tertiary/aromatic N) is 1. The van der Waals surface area contributed by atoms with Gasteiger partial charge in [-0.25, -0.2) is 4.39 Å². The number of aryl methyl sites for hydroxylation is 1. The van der Waals surface area contributed by atoms with E-state index in [1.165, 1.54) is 17.0 Å². The Morgan fingerprint density at radius 1 is 0.971 bits per heavy atom. The monoisotopic (exact) mass is 462 g/mol. The number of nitrogens with one attached hydrogen (secondary N) is 1. The van der Waals surface area contributed by atoms with Gasteiger partial charge in [0.05, 0.1) is 0 Å². The molecule has 0 aliphatic rings. The van der Waals surface area contributed by atoms with Crippen molar-refractivity contribution in [2.45, 2.75) is 39.3 Å². The highest BCUT2D eigenvalue weighted by Gasteiger charge is 2.30. The Hall–Kier alpha value is -3.67. The Kier molecular flexibility index (Phi) is 9.21. The summed E-state index contributed by atoms with van der Waals surface area (Å²) >= 11 is 0. The van der Waals surface area contributed by atoms with Gasteiger partial charge in [-0.3, -0.25) is 9.59 Å². The molecule has 0 bridgehead atoms. The van der Waals surface area contributed by atoms with Crippen LogP contribution in [0.25, 0.3) is 0 Å². The van der Waals surface area contributed by atoms with Gasteiger partial charge in [0, 0.05) is 19.5 Å². The molecule has 3 rings (SSSR count). The lowest BCUT2D eigenvalue weighted by Crippen LogP contribution is -2.51. The molecule has 6 heteroatoms. The number of benzene rings is 3. The van der Waals surface area contributed by atoms with Crippen molar-refractivity contribution >= 4 is 11.8 Å². The Balaban J connectivity index is 1.88. The predicted molar refractivity (Wildman–Crippen MR) is 131 cm³/mol. The molecule has 3 aromatic carbocycles. The van der Waals surface area contributed by atoms with Crippen LogP contribution in [0.5, 0.6) is 5.75 Å². The molecule has 0 saturated carbocycles. The normalized spacial score (nSPS) is 11.5. The maximum absolute atomic E-state index is 13.5. The Morgan fingerprint density at radius 3 is 2.38 bits per heavy atom. The molecular formula is C28H31FN2O3. The molecule has 0 saturated heterocycles. The van der Waals surface area contributed by atoms with Crippen LogP contribution < -0.4 is 10.1 Å². The minimum atomic E-state index is -0.743. The second kappa shape index (κ2) is 12.5. The molecule has 1 unspecified atom stereocenters. The summed E-state index contributed by atoms with van der Waals surface area (Å²) in [5, 5.41) is 2.93. The van der Waals surface area contributed by atoms with Crippen molar-refractivity contribution in [2.75, 3.05) is 13.2 Å². The zero-order valence-corrected chi connectivity index (χ0v) is 19.7. The highest BCUT2D eigenvalue weighted by atomic mass is 19.1. The summed E-state index contributed by atoms with van der Waals surface area (Å²) in [5.41, 5.74) is 2.69. The molecule has 0 spiro atoms. The fourth-order valence-corrected chi connectivity index (χ4v) is 3.64. The second-order valence-corrected chi connectivity index (χ2v) is 8.25. The number of hydrogen-bond acceptors (Lipinski definition) is 3. The molecule has 178 valence electrons. The number of hydrogen-bond donors (Lipinski definition) is 1. The molecule has 0 aliphatic carbocycles. The third-order valence-electron chi connectivity index (χ3n) is 5.44. The molecule has 0 aromatic heterocycles. The summed E-state index contributed by atoms with van der Waals surface area (Å²) in [6.45, 7) is 4.39. The third kappa shape index (κ3) is 7.44. The van der Waals surface area contributed by atoms with Gasteiger partial charge in [0.25, 0.3) is 5.91 Å². The number of ether oxygens (including phenoxy) is 1. The summed E-state index contributed by atoms with van der Waals surface area (Å²) in [7, 11) is 0. The first-order valence-corrected chi connectivity index (χ1v) is 11.5. The van der Waals surface area contributed by atoms with E-state index in [0.29, 0.717) is 18.7 Å². The third-order valence-corrected chi connectivity index (χ3v) is 5.44. The molecule has 1 atom stereocenters. The lowest BCUT2D eigenvalue weighted by atomic mass is 10.0. The molecule has 0 radical (unpaired) electrons. The van der Waals surface area contributed by atoms with Gasteiger partial charge in [0.1, 0.15) is 17.6 Å². The van der Waals surface area contributed by atoms with Crippen molar-refractivity contribution in [2.24, 2.45) is 0 Å². The molecule has 0 aliphatic heterocycles. The van der Waals surface area contributed by atoms with Crippen molar-refractivity contribution in [3.63, 3.8) is 0 Å². The maximum Gasteiger partial charge on any atom is 0.261 e. The van der Waals surface area contributed by atoms with Gasteiger partial charge in [-0.1, -0.05) is 61.5 Å². The van der Waals surface area contributed by atoms with Crippen LogP contribution in [-0.4, -0.2) is 35.9 Å². The summed E-state index contributed by atoms with van der Waals surface area (Å²) in [5.74, 6) is -0.314. The molecule has 34 heavy (non-hydrogen) atoms. The fourth-order valence-electron chi connectivity index (χ4n) is 3.64.